The highest BCUT2D eigenvalue weighted by atomic mass is 16.5. The predicted octanol–water partition coefficient (Wildman–Crippen LogP) is -0.0728. The molecule has 1 atom stereocenters. The van der Waals surface area contributed by atoms with Gasteiger partial charge in [0.15, 0.2) is 6.10 Å². The molecule has 1 aromatic rings. The van der Waals surface area contributed by atoms with Gasteiger partial charge in [0, 0.05) is 7.11 Å². The molecule has 0 bridgehead atoms. The van der Waals surface area contributed by atoms with Crippen LogP contribution in [0.25, 0.3) is 0 Å². The number of methoxy groups -OCH3 is 1. The Hall–Kier alpha value is -2.28. The van der Waals surface area contributed by atoms with Gasteiger partial charge in [-0.1, -0.05) is 0 Å². The van der Waals surface area contributed by atoms with Gasteiger partial charge >= 0.3 is 5.97 Å². The summed E-state index contributed by atoms with van der Waals surface area (Å²) in [5.41, 5.74) is -0.143. The van der Waals surface area contributed by atoms with Crippen molar-refractivity contribution in [3.05, 3.63) is 23.8 Å². The Morgan fingerprint density at radius 1 is 1.39 bits per heavy atom. The van der Waals surface area contributed by atoms with Gasteiger partial charge in [0.1, 0.15) is 11.5 Å². The van der Waals surface area contributed by atoms with Crippen LogP contribution in [-0.2, 0) is 9.53 Å². The number of hydrogen-bond acceptors (Lipinski definition) is 5. The van der Waals surface area contributed by atoms with Crippen LogP contribution in [0.1, 0.15) is 10.4 Å². The van der Waals surface area contributed by atoms with Gasteiger partial charge in [-0.2, -0.15) is 0 Å². The van der Waals surface area contributed by atoms with Crippen molar-refractivity contribution < 1.29 is 29.6 Å². The molecule has 7 heteroatoms. The zero-order chi connectivity index (χ0) is 13.7. The summed E-state index contributed by atoms with van der Waals surface area (Å²) in [6.07, 6.45) is -1.17. The molecular weight excluding hydrogens is 242 g/mol. The standard InChI is InChI=1S/C11H13NO6/c1-18-9(11(16)17)5-12-10(15)7-4-6(13)2-3-8(7)14/h2-4,9,13-14H,5H2,1H3,(H,12,15)(H,16,17). The van der Waals surface area contributed by atoms with E-state index < -0.39 is 18.0 Å². The maximum absolute atomic E-state index is 11.6. The van der Waals surface area contributed by atoms with E-state index in [1.165, 1.54) is 13.2 Å². The molecule has 0 fully saturated rings. The van der Waals surface area contributed by atoms with E-state index in [4.69, 9.17) is 5.11 Å². The van der Waals surface area contributed by atoms with Gasteiger partial charge in [-0.15, -0.1) is 0 Å². The molecule has 1 aromatic carbocycles. The first-order chi connectivity index (χ1) is 8.45. The molecule has 0 aliphatic rings. The maximum Gasteiger partial charge on any atom is 0.334 e. The fraction of sp³-hybridized carbons (Fsp3) is 0.273. The minimum Gasteiger partial charge on any atom is -0.508 e. The lowest BCUT2D eigenvalue weighted by Gasteiger charge is -2.12. The lowest BCUT2D eigenvalue weighted by Crippen LogP contribution is -2.37. The minimum atomic E-state index is -1.21. The summed E-state index contributed by atoms with van der Waals surface area (Å²) < 4.78 is 4.63. The summed E-state index contributed by atoms with van der Waals surface area (Å²) in [5.74, 6) is -2.40. The van der Waals surface area contributed by atoms with Crippen molar-refractivity contribution in [3.63, 3.8) is 0 Å². The molecule has 1 rings (SSSR count). The van der Waals surface area contributed by atoms with Crippen molar-refractivity contribution in [3.8, 4) is 11.5 Å². The molecule has 0 heterocycles. The molecule has 0 aliphatic heterocycles. The van der Waals surface area contributed by atoms with E-state index in [-0.39, 0.29) is 23.6 Å². The Bertz CT molecular complexity index is 459. The highest BCUT2D eigenvalue weighted by molar-refractivity contribution is 5.97. The quantitative estimate of drug-likeness (QED) is 0.547. The van der Waals surface area contributed by atoms with E-state index in [1.54, 1.807) is 0 Å². The normalized spacial score (nSPS) is 11.8. The molecule has 1 amide bonds. The van der Waals surface area contributed by atoms with Crippen LogP contribution in [0.15, 0.2) is 18.2 Å². The topological polar surface area (TPSA) is 116 Å². The van der Waals surface area contributed by atoms with Crippen LogP contribution in [-0.4, -0.2) is 47.0 Å². The molecule has 18 heavy (non-hydrogen) atoms. The van der Waals surface area contributed by atoms with Crippen molar-refractivity contribution >= 4 is 11.9 Å². The monoisotopic (exact) mass is 255 g/mol. The highest BCUT2D eigenvalue weighted by Gasteiger charge is 2.19. The summed E-state index contributed by atoms with van der Waals surface area (Å²) in [6.45, 7) is -0.250. The number of aliphatic carboxylic acids is 1. The number of rotatable bonds is 5. The van der Waals surface area contributed by atoms with Gasteiger partial charge < -0.3 is 25.4 Å². The number of hydrogen-bond donors (Lipinski definition) is 4. The van der Waals surface area contributed by atoms with Gasteiger partial charge in [-0.3, -0.25) is 4.79 Å². The Morgan fingerprint density at radius 3 is 2.61 bits per heavy atom. The van der Waals surface area contributed by atoms with Crippen LogP contribution in [0, 0.1) is 0 Å². The third-order valence-electron chi connectivity index (χ3n) is 2.23. The zero-order valence-electron chi connectivity index (χ0n) is 9.58. The van der Waals surface area contributed by atoms with Crippen LogP contribution in [0.5, 0.6) is 11.5 Å². The molecule has 0 saturated carbocycles. The number of phenols is 2. The fourth-order valence-corrected chi connectivity index (χ4v) is 1.26. The molecule has 1 unspecified atom stereocenters. The maximum atomic E-state index is 11.6. The number of aromatic hydroxyl groups is 2. The molecule has 7 nitrogen and oxygen atoms in total. The average molecular weight is 255 g/mol. The smallest absolute Gasteiger partial charge is 0.334 e. The molecule has 0 aliphatic carbocycles. The number of carboxylic acids is 1. The van der Waals surface area contributed by atoms with Crippen molar-refractivity contribution in [1.29, 1.82) is 0 Å². The lowest BCUT2D eigenvalue weighted by atomic mass is 10.1. The van der Waals surface area contributed by atoms with Crippen molar-refractivity contribution in [2.24, 2.45) is 0 Å². The third-order valence-corrected chi connectivity index (χ3v) is 2.23. The Kier molecular flexibility index (Phi) is 4.50. The second-order valence-electron chi connectivity index (χ2n) is 3.47. The van der Waals surface area contributed by atoms with Crippen molar-refractivity contribution in [1.82, 2.24) is 5.32 Å². The van der Waals surface area contributed by atoms with Gasteiger partial charge in [-0.25, -0.2) is 4.79 Å². The number of ether oxygens (including phenoxy) is 1. The van der Waals surface area contributed by atoms with Crippen LogP contribution in [0.2, 0.25) is 0 Å². The van der Waals surface area contributed by atoms with Crippen LogP contribution in [0.4, 0.5) is 0 Å². The Labute approximate surface area is 103 Å². The van der Waals surface area contributed by atoms with Gasteiger partial charge in [0.25, 0.3) is 5.91 Å². The van der Waals surface area contributed by atoms with E-state index in [0.717, 1.165) is 12.1 Å². The largest absolute Gasteiger partial charge is 0.508 e. The SMILES string of the molecule is COC(CNC(=O)c1cc(O)ccc1O)C(=O)O. The summed E-state index contributed by atoms with van der Waals surface area (Å²) in [7, 11) is 1.21. The van der Waals surface area contributed by atoms with Crippen LogP contribution >= 0.6 is 0 Å². The summed E-state index contributed by atoms with van der Waals surface area (Å²) >= 11 is 0. The first-order valence-corrected chi connectivity index (χ1v) is 5.01. The molecule has 4 N–H and O–H groups in total. The van der Waals surface area contributed by atoms with E-state index in [9.17, 15) is 19.8 Å². The summed E-state index contributed by atoms with van der Waals surface area (Å²) in [6, 6.07) is 3.46. The first kappa shape index (κ1) is 13.8. The number of carbonyl (C=O) groups excluding carboxylic acids is 1. The van der Waals surface area contributed by atoms with E-state index >= 15 is 0 Å². The fourth-order valence-electron chi connectivity index (χ4n) is 1.26. The third kappa shape index (κ3) is 3.36. The molecule has 0 saturated heterocycles. The molecule has 0 aromatic heterocycles. The molecule has 0 spiro atoms. The average Bonchev–Trinajstić information content (AvgIpc) is 2.32. The minimum absolute atomic E-state index is 0.143. The van der Waals surface area contributed by atoms with E-state index in [1.807, 2.05) is 0 Å². The number of nitrogens with one attached hydrogen (secondary N) is 1. The number of amides is 1. The number of benzene rings is 1. The Balaban J connectivity index is 2.71. The summed E-state index contributed by atoms with van der Waals surface area (Å²) in [4.78, 5) is 22.3. The van der Waals surface area contributed by atoms with E-state index in [0.29, 0.717) is 0 Å². The lowest BCUT2D eigenvalue weighted by molar-refractivity contribution is -0.148. The second kappa shape index (κ2) is 5.87. The van der Waals surface area contributed by atoms with Gasteiger partial charge in [0.05, 0.1) is 12.1 Å². The number of carboxylic acid groups (broad SMARTS) is 1. The van der Waals surface area contributed by atoms with Crippen LogP contribution < -0.4 is 5.32 Å². The molecule has 98 valence electrons. The zero-order valence-corrected chi connectivity index (χ0v) is 9.58. The summed E-state index contributed by atoms with van der Waals surface area (Å²) in [5, 5.41) is 29.6. The van der Waals surface area contributed by atoms with Gasteiger partial charge in [-0.05, 0) is 18.2 Å². The highest BCUT2D eigenvalue weighted by Crippen LogP contribution is 2.21. The second-order valence-corrected chi connectivity index (χ2v) is 3.47. The predicted molar refractivity (Wildman–Crippen MR) is 60.5 cm³/mol. The van der Waals surface area contributed by atoms with Crippen molar-refractivity contribution in [2.45, 2.75) is 6.10 Å². The van der Waals surface area contributed by atoms with Gasteiger partial charge in [0.2, 0.25) is 0 Å². The number of carbonyl (C=O) groups is 2. The first-order valence-electron chi connectivity index (χ1n) is 5.01. The van der Waals surface area contributed by atoms with Crippen molar-refractivity contribution in [2.75, 3.05) is 13.7 Å². The van der Waals surface area contributed by atoms with E-state index in [2.05, 4.69) is 10.1 Å². The number of phenolic OH excluding ortho intramolecular Hbond substituents is 2. The molecule has 0 radical (unpaired) electrons. The molecular formula is C11H13NO6. The Morgan fingerprint density at radius 2 is 2.06 bits per heavy atom. The van der Waals surface area contributed by atoms with Crippen LogP contribution in [0.3, 0.4) is 0 Å².